The van der Waals surface area contributed by atoms with Gasteiger partial charge in [0, 0.05) is 26.4 Å². The van der Waals surface area contributed by atoms with E-state index in [9.17, 15) is 4.79 Å². The van der Waals surface area contributed by atoms with Gasteiger partial charge in [-0.3, -0.25) is 4.79 Å². The first-order valence-corrected chi connectivity index (χ1v) is 6.72. The minimum Gasteiger partial charge on any atom is -0.383 e. The third kappa shape index (κ3) is 3.26. The molecule has 1 aromatic heterocycles. The summed E-state index contributed by atoms with van der Waals surface area (Å²) in [5.41, 5.74) is 0.464. The molecule has 0 aliphatic carbocycles. The van der Waals surface area contributed by atoms with E-state index in [4.69, 9.17) is 4.74 Å². The number of hydrogen-bond donors (Lipinski definition) is 2. The summed E-state index contributed by atoms with van der Waals surface area (Å²) >= 11 is 0. The number of carbonyl (C=O) groups excluding carboxylic acids is 1. The van der Waals surface area contributed by atoms with Gasteiger partial charge < -0.3 is 19.9 Å². The van der Waals surface area contributed by atoms with Gasteiger partial charge in [-0.25, -0.2) is 4.98 Å². The third-order valence-corrected chi connectivity index (χ3v) is 3.34. The number of nitrogens with zero attached hydrogens (tertiary/aromatic N) is 2. The van der Waals surface area contributed by atoms with Gasteiger partial charge in [-0.2, -0.15) is 0 Å². The molecule has 0 bridgehead atoms. The van der Waals surface area contributed by atoms with E-state index < -0.39 is 0 Å². The number of amides is 1. The summed E-state index contributed by atoms with van der Waals surface area (Å²) in [5, 5.41) is 6.16. The quantitative estimate of drug-likeness (QED) is 0.837. The van der Waals surface area contributed by atoms with Crippen molar-refractivity contribution in [2.75, 3.05) is 25.6 Å². The van der Waals surface area contributed by atoms with Crippen molar-refractivity contribution in [2.24, 2.45) is 5.92 Å². The fourth-order valence-electron chi connectivity index (χ4n) is 2.11. The predicted molar refractivity (Wildman–Crippen MR) is 73.3 cm³/mol. The maximum Gasteiger partial charge on any atom is 0.271 e. The van der Waals surface area contributed by atoms with Gasteiger partial charge in [-0.1, -0.05) is 13.8 Å². The molecule has 1 atom stereocenters. The Morgan fingerprint density at radius 2 is 2.42 bits per heavy atom. The Balaban J connectivity index is 2.04. The normalized spacial score (nSPS) is 15.8. The van der Waals surface area contributed by atoms with Crippen molar-refractivity contribution in [1.29, 1.82) is 0 Å². The van der Waals surface area contributed by atoms with Crippen LogP contribution in [-0.4, -0.2) is 41.8 Å². The molecule has 6 nitrogen and oxygen atoms in total. The molecule has 0 spiro atoms. The van der Waals surface area contributed by atoms with Gasteiger partial charge in [0.2, 0.25) is 5.95 Å². The summed E-state index contributed by atoms with van der Waals surface area (Å²) < 4.78 is 7.12. The van der Waals surface area contributed by atoms with Crippen LogP contribution >= 0.6 is 0 Å². The minimum absolute atomic E-state index is 0.00388. The van der Waals surface area contributed by atoms with Crippen LogP contribution in [0.2, 0.25) is 0 Å². The summed E-state index contributed by atoms with van der Waals surface area (Å²) in [6.45, 7) is 6.45. The highest BCUT2D eigenvalue weighted by Crippen LogP contribution is 2.14. The molecule has 1 unspecified atom stereocenters. The van der Waals surface area contributed by atoms with Crippen LogP contribution in [0.1, 0.15) is 30.8 Å². The van der Waals surface area contributed by atoms with Crippen molar-refractivity contribution in [3.63, 3.8) is 0 Å². The SMILES string of the molecule is COCC(NC(=O)c1cn2c(n1)NCCC2)C(C)C. The second-order valence-corrected chi connectivity index (χ2v) is 5.20. The zero-order valence-corrected chi connectivity index (χ0v) is 11.8. The van der Waals surface area contributed by atoms with Crippen LogP contribution in [0.5, 0.6) is 0 Å². The zero-order valence-electron chi connectivity index (χ0n) is 11.8. The van der Waals surface area contributed by atoms with E-state index in [0.717, 1.165) is 25.5 Å². The van der Waals surface area contributed by atoms with Crippen molar-refractivity contribution >= 4 is 11.9 Å². The molecule has 1 aliphatic heterocycles. The molecule has 2 N–H and O–H groups in total. The Morgan fingerprint density at radius 1 is 1.63 bits per heavy atom. The monoisotopic (exact) mass is 266 g/mol. The summed E-state index contributed by atoms with van der Waals surface area (Å²) in [4.78, 5) is 16.5. The number of aryl methyl sites for hydroxylation is 1. The summed E-state index contributed by atoms with van der Waals surface area (Å²) in [7, 11) is 1.64. The molecule has 0 fully saturated rings. The molecule has 6 heteroatoms. The average Bonchev–Trinajstić information content (AvgIpc) is 2.81. The number of hydrogen-bond acceptors (Lipinski definition) is 4. The number of ether oxygens (including phenoxy) is 1. The average molecular weight is 266 g/mol. The Kier molecular flexibility index (Phi) is 4.42. The lowest BCUT2D eigenvalue weighted by Crippen LogP contribution is -2.41. The molecule has 2 rings (SSSR count). The number of fused-ring (bicyclic) bond motifs is 1. The molecular weight excluding hydrogens is 244 g/mol. The minimum atomic E-state index is -0.139. The molecule has 0 saturated carbocycles. The standard InChI is InChI=1S/C13H22N4O2/c1-9(2)11(8-19-3)15-12(18)10-7-17-6-4-5-14-13(17)16-10/h7,9,11H,4-6,8H2,1-3H3,(H,14,16)(H,15,18). The van der Waals surface area contributed by atoms with Crippen LogP contribution in [0.4, 0.5) is 5.95 Å². The molecule has 19 heavy (non-hydrogen) atoms. The van der Waals surface area contributed by atoms with Gasteiger partial charge in [-0.15, -0.1) is 0 Å². The number of aromatic nitrogens is 2. The maximum absolute atomic E-state index is 12.2. The molecule has 106 valence electrons. The van der Waals surface area contributed by atoms with E-state index >= 15 is 0 Å². The molecule has 1 aromatic rings. The lowest BCUT2D eigenvalue weighted by molar-refractivity contribution is 0.0862. The number of imidazole rings is 1. The lowest BCUT2D eigenvalue weighted by Gasteiger charge is -2.20. The summed E-state index contributed by atoms with van der Waals surface area (Å²) in [6, 6.07) is 0.00388. The van der Waals surface area contributed by atoms with Crippen molar-refractivity contribution < 1.29 is 9.53 Å². The van der Waals surface area contributed by atoms with E-state index in [-0.39, 0.29) is 11.9 Å². The van der Waals surface area contributed by atoms with Gasteiger partial charge >= 0.3 is 0 Å². The zero-order chi connectivity index (χ0) is 13.8. The van der Waals surface area contributed by atoms with Crippen molar-refractivity contribution in [3.05, 3.63) is 11.9 Å². The molecule has 2 heterocycles. The van der Waals surface area contributed by atoms with Gasteiger partial charge in [-0.05, 0) is 12.3 Å². The Morgan fingerprint density at radius 3 is 3.05 bits per heavy atom. The molecule has 0 aromatic carbocycles. The van der Waals surface area contributed by atoms with Crippen LogP contribution in [0.3, 0.4) is 0 Å². The van der Waals surface area contributed by atoms with E-state index in [0.29, 0.717) is 18.2 Å². The number of anilines is 1. The number of rotatable bonds is 5. The van der Waals surface area contributed by atoms with Gasteiger partial charge in [0.1, 0.15) is 5.69 Å². The van der Waals surface area contributed by atoms with Crippen LogP contribution < -0.4 is 10.6 Å². The smallest absolute Gasteiger partial charge is 0.271 e. The summed E-state index contributed by atoms with van der Waals surface area (Å²) in [6.07, 6.45) is 2.86. The van der Waals surface area contributed by atoms with Gasteiger partial charge in [0.15, 0.2) is 0 Å². The van der Waals surface area contributed by atoms with E-state index in [1.165, 1.54) is 0 Å². The predicted octanol–water partition coefficient (Wildman–Crippen LogP) is 1.10. The fourth-order valence-corrected chi connectivity index (χ4v) is 2.11. The second kappa shape index (κ2) is 6.06. The molecule has 1 aliphatic rings. The first kappa shape index (κ1) is 13.9. The van der Waals surface area contributed by atoms with Crippen molar-refractivity contribution in [2.45, 2.75) is 32.9 Å². The van der Waals surface area contributed by atoms with Crippen LogP contribution in [0.25, 0.3) is 0 Å². The fraction of sp³-hybridized carbons (Fsp3) is 0.692. The van der Waals surface area contributed by atoms with Crippen LogP contribution in [-0.2, 0) is 11.3 Å². The highest BCUT2D eigenvalue weighted by atomic mass is 16.5. The Hall–Kier alpha value is -1.56. The van der Waals surface area contributed by atoms with Crippen molar-refractivity contribution in [1.82, 2.24) is 14.9 Å². The molecule has 0 saturated heterocycles. The number of nitrogens with one attached hydrogen (secondary N) is 2. The van der Waals surface area contributed by atoms with Gasteiger partial charge in [0.25, 0.3) is 5.91 Å². The Labute approximate surface area is 113 Å². The first-order valence-electron chi connectivity index (χ1n) is 6.72. The third-order valence-electron chi connectivity index (χ3n) is 3.34. The molecule has 0 radical (unpaired) electrons. The van der Waals surface area contributed by atoms with Gasteiger partial charge in [0.05, 0.1) is 12.6 Å². The maximum atomic E-state index is 12.2. The van der Waals surface area contributed by atoms with E-state index in [1.54, 1.807) is 13.3 Å². The molecule has 1 amide bonds. The number of methoxy groups -OCH3 is 1. The highest BCUT2D eigenvalue weighted by molar-refractivity contribution is 5.92. The molecular formula is C13H22N4O2. The second-order valence-electron chi connectivity index (χ2n) is 5.20. The van der Waals surface area contributed by atoms with E-state index in [1.807, 2.05) is 4.57 Å². The van der Waals surface area contributed by atoms with Crippen LogP contribution in [0, 0.1) is 5.92 Å². The Bertz CT molecular complexity index is 418. The van der Waals surface area contributed by atoms with Crippen LogP contribution in [0.15, 0.2) is 6.20 Å². The highest BCUT2D eigenvalue weighted by Gasteiger charge is 2.20. The lowest BCUT2D eigenvalue weighted by atomic mass is 10.1. The largest absolute Gasteiger partial charge is 0.383 e. The topological polar surface area (TPSA) is 68.2 Å². The van der Waals surface area contributed by atoms with E-state index in [2.05, 4.69) is 29.5 Å². The van der Waals surface area contributed by atoms with Crippen molar-refractivity contribution in [3.8, 4) is 0 Å². The first-order chi connectivity index (χ1) is 9.11. The summed E-state index contributed by atoms with van der Waals surface area (Å²) in [5.74, 6) is 0.961. The number of carbonyl (C=O) groups is 1.